The summed E-state index contributed by atoms with van der Waals surface area (Å²) < 4.78 is 0. The van der Waals surface area contributed by atoms with E-state index in [0.717, 1.165) is 0 Å². The van der Waals surface area contributed by atoms with E-state index in [4.69, 9.17) is 5.26 Å². The van der Waals surface area contributed by atoms with Crippen LogP contribution in [-0.4, -0.2) is 7.85 Å². The molecule has 0 unspecified atom stereocenters. The molecule has 5 heavy (non-hydrogen) atoms. The quantitative estimate of drug-likeness (QED) is 0.296. The molecule has 0 aliphatic carbocycles. The van der Waals surface area contributed by atoms with E-state index in [0.29, 0.717) is 0 Å². The standard InChI is InChI=1S/CBN.ClH.Na/c2-1-3;;/h;1H;/q-1;;+1. The molecule has 3 radical (unpaired) electrons. The molecule has 0 saturated carbocycles. The van der Waals surface area contributed by atoms with Crippen LogP contribution in [0, 0.1) is 11.2 Å². The Morgan fingerprint density at radius 2 is 1.60 bits per heavy atom. The van der Waals surface area contributed by atoms with E-state index in [2.05, 4.69) is 7.85 Å². The van der Waals surface area contributed by atoms with Gasteiger partial charge in [0.2, 0.25) is 0 Å². The van der Waals surface area contributed by atoms with Crippen LogP contribution in [0.25, 0.3) is 0 Å². The fraction of sp³-hybridized carbons (Fsp3) is 0. The van der Waals surface area contributed by atoms with Gasteiger partial charge >= 0.3 is 29.6 Å². The third-order valence-electron chi connectivity index (χ3n) is 0. The Kier molecular flexibility index (Phi) is 71.3. The van der Waals surface area contributed by atoms with Gasteiger partial charge in [-0.25, -0.2) is 0 Å². The first-order valence-corrected chi connectivity index (χ1v) is 0.512. The van der Waals surface area contributed by atoms with Crippen molar-refractivity contribution < 1.29 is 29.6 Å². The fourth-order valence-electron chi connectivity index (χ4n) is 0. The molecule has 0 aromatic rings. The van der Waals surface area contributed by atoms with Crippen LogP contribution < -0.4 is 29.6 Å². The smallest absolute Gasteiger partial charge is 0.466 e. The monoisotopic (exact) mass is 96.0 g/mol. The first kappa shape index (κ1) is 17.0. The van der Waals surface area contributed by atoms with Crippen LogP contribution in [0.1, 0.15) is 0 Å². The van der Waals surface area contributed by atoms with Crippen molar-refractivity contribution in [2.24, 2.45) is 0 Å². The summed E-state index contributed by atoms with van der Waals surface area (Å²) in [5.41, 5.74) is 0. The zero-order valence-electron chi connectivity index (χ0n) is 2.93. The van der Waals surface area contributed by atoms with Crippen LogP contribution in [0.15, 0.2) is 0 Å². The summed E-state index contributed by atoms with van der Waals surface area (Å²) in [7, 11) is 4.15. The average Bonchev–Trinajstić information content (AvgIpc) is 0.918. The predicted octanol–water partition coefficient (Wildman–Crippen LogP) is -2.94. The van der Waals surface area contributed by atoms with Crippen LogP contribution in [0.5, 0.6) is 0 Å². The molecule has 0 rings (SSSR count). The number of nitriles is 1. The molecule has 0 spiro atoms. The molecule has 0 atom stereocenters. The summed E-state index contributed by atoms with van der Waals surface area (Å²) in [6.45, 7) is 0. The minimum Gasteiger partial charge on any atom is -0.466 e. The van der Waals surface area contributed by atoms with Gasteiger partial charge < -0.3 is 7.85 Å². The van der Waals surface area contributed by atoms with E-state index in [-0.39, 0.29) is 42.0 Å². The molecule has 0 aromatic carbocycles. The van der Waals surface area contributed by atoms with Crippen molar-refractivity contribution in [2.75, 3.05) is 0 Å². The number of hydrogen-bond acceptors (Lipinski definition) is 1. The molecule has 0 heterocycles. The van der Waals surface area contributed by atoms with Gasteiger partial charge in [0.05, 0.1) is 0 Å². The van der Waals surface area contributed by atoms with Crippen LogP contribution in [-0.2, 0) is 0 Å². The van der Waals surface area contributed by atoms with Crippen LogP contribution >= 0.6 is 12.4 Å². The van der Waals surface area contributed by atoms with Gasteiger partial charge in [-0.3, -0.25) is 11.2 Å². The number of nitrogens with zero attached hydrogens (tertiary/aromatic N) is 1. The van der Waals surface area contributed by atoms with E-state index >= 15 is 0 Å². The molecule has 0 fully saturated rings. The van der Waals surface area contributed by atoms with Crippen molar-refractivity contribution in [1.82, 2.24) is 0 Å². The molecule has 0 saturated heterocycles. The summed E-state index contributed by atoms with van der Waals surface area (Å²) >= 11 is 0. The van der Waals surface area contributed by atoms with Crippen molar-refractivity contribution in [3.05, 3.63) is 0 Å². The van der Waals surface area contributed by atoms with E-state index < -0.39 is 0 Å². The molecular formula is CHBClNNa. The Bertz CT molecular complexity index is 33.1. The van der Waals surface area contributed by atoms with Crippen LogP contribution in [0.3, 0.4) is 0 Å². The largest absolute Gasteiger partial charge is 1.00 e. The van der Waals surface area contributed by atoms with Gasteiger partial charge in [0.25, 0.3) is 0 Å². The SMILES string of the molecule is Cl.[B-]C#N.[Na+]. The van der Waals surface area contributed by atoms with Crippen molar-refractivity contribution in [1.29, 1.82) is 5.26 Å². The van der Waals surface area contributed by atoms with E-state index in [1.54, 1.807) is 0 Å². The number of halogens is 1. The minimum absolute atomic E-state index is 0. The minimum atomic E-state index is 0. The Morgan fingerprint density at radius 1 is 1.60 bits per heavy atom. The molecule has 0 aromatic heterocycles. The van der Waals surface area contributed by atoms with Crippen molar-refractivity contribution in [2.45, 2.75) is 0 Å². The van der Waals surface area contributed by atoms with Crippen molar-refractivity contribution in [3.63, 3.8) is 0 Å². The van der Waals surface area contributed by atoms with E-state index in [1.807, 2.05) is 0 Å². The molecule has 21 valence electrons. The van der Waals surface area contributed by atoms with E-state index in [9.17, 15) is 0 Å². The topological polar surface area (TPSA) is 23.8 Å². The molecular weight excluding hydrogens is 95.3 g/mol. The molecule has 0 amide bonds. The van der Waals surface area contributed by atoms with Gasteiger partial charge in [-0.05, 0) is 0 Å². The second kappa shape index (κ2) is 21.0. The Balaban J connectivity index is -0.0000000200. The van der Waals surface area contributed by atoms with Crippen LogP contribution in [0.4, 0.5) is 0 Å². The molecule has 0 aliphatic heterocycles. The summed E-state index contributed by atoms with van der Waals surface area (Å²) in [5.74, 6) is 1.25. The summed E-state index contributed by atoms with van der Waals surface area (Å²) in [6.07, 6.45) is 0. The average molecular weight is 96.3 g/mol. The third-order valence-corrected chi connectivity index (χ3v) is 0. The van der Waals surface area contributed by atoms with Gasteiger partial charge in [0.1, 0.15) is 0 Å². The summed E-state index contributed by atoms with van der Waals surface area (Å²) in [4.78, 5) is 0. The number of hydrogen-bond donors (Lipinski definition) is 0. The summed E-state index contributed by atoms with van der Waals surface area (Å²) in [6, 6.07) is 0. The second-order valence-corrected chi connectivity index (χ2v) is 0.129. The molecule has 4 heteroatoms. The Labute approximate surface area is 60.9 Å². The second-order valence-electron chi connectivity index (χ2n) is 0.129. The molecule has 0 bridgehead atoms. The van der Waals surface area contributed by atoms with Gasteiger partial charge in [-0.15, -0.1) is 12.4 Å². The van der Waals surface area contributed by atoms with Gasteiger partial charge in [-0.1, -0.05) is 0 Å². The maximum atomic E-state index is 7.10. The van der Waals surface area contributed by atoms with Crippen LogP contribution in [0.2, 0.25) is 0 Å². The maximum Gasteiger partial charge on any atom is 1.00 e. The van der Waals surface area contributed by atoms with Gasteiger partial charge in [-0.2, -0.15) is 0 Å². The third kappa shape index (κ3) is 54.9. The van der Waals surface area contributed by atoms with Crippen molar-refractivity contribution >= 4 is 20.3 Å². The van der Waals surface area contributed by atoms with Gasteiger partial charge in [0.15, 0.2) is 0 Å². The fourth-order valence-corrected chi connectivity index (χ4v) is 0. The number of rotatable bonds is 0. The zero-order chi connectivity index (χ0) is 2.71. The summed E-state index contributed by atoms with van der Waals surface area (Å²) in [5, 5.41) is 7.10. The molecule has 1 nitrogen and oxygen atoms in total. The maximum absolute atomic E-state index is 7.10. The molecule has 0 aliphatic rings. The van der Waals surface area contributed by atoms with Crippen molar-refractivity contribution in [3.8, 4) is 5.97 Å². The first-order chi connectivity index (χ1) is 1.41. The zero-order valence-corrected chi connectivity index (χ0v) is 5.75. The normalized spacial score (nSPS) is 1.60. The Morgan fingerprint density at radius 3 is 1.60 bits per heavy atom. The molecule has 0 N–H and O–H groups in total. The van der Waals surface area contributed by atoms with E-state index in [1.165, 1.54) is 5.97 Å². The van der Waals surface area contributed by atoms with Gasteiger partial charge in [0, 0.05) is 0 Å². The Hall–Kier alpha value is 0.845. The first-order valence-electron chi connectivity index (χ1n) is 0.512. The predicted molar refractivity (Wildman–Crippen MR) is 18.6 cm³/mol.